The maximum Gasteiger partial charge on any atom is 0.255 e. The van der Waals surface area contributed by atoms with Crippen molar-refractivity contribution in [3.8, 4) is 0 Å². The molecule has 7 heteroatoms. The number of carbonyl (C=O) groups excluding carboxylic acids is 2. The highest BCUT2D eigenvalue weighted by Crippen LogP contribution is 2.15. The number of pyridine rings is 1. The van der Waals surface area contributed by atoms with E-state index in [-0.39, 0.29) is 19.1 Å². The van der Waals surface area contributed by atoms with Gasteiger partial charge in [0.15, 0.2) is 0 Å². The third-order valence-electron chi connectivity index (χ3n) is 2.43. The summed E-state index contributed by atoms with van der Waals surface area (Å²) < 4.78 is 4.96. The molecule has 110 valence electrons. The summed E-state index contributed by atoms with van der Waals surface area (Å²) in [5, 5.41) is 5.82. The summed E-state index contributed by atoms with van der Waals surface area (Å²) in [5.74, 6) is -0.774. The molecule has 0 atom stereocenters. The summed E-state index contributed by atoms with van der Waals surface area (Å²) >= 11 is 0. The molecule has 0 bridgehead atoms. The highest BCUT2D eigenvalue weighted by atomic mass is 16.5. The molecule has 0 aliphatic rings. The van der Waals surface area contributed by atoms with Crippen LogP contribution in [0.15, 0.2) is 12.3 Å². The second kappa shape index (κ2) is 8.11. The van der Waals surface area contributed by atoms with E-state index in [2.05, 4.69) is 15.6 Å². The van der Waals surface area contributed by atoms with Crippen LogP contribution in [0.3, 0.4) is 0 Å². The van der Waals surface area contributed by atoms with Crippen LogP contribution in [-0.2, 0) is 9.53 Å². The third kappa shape index (κ3) is 5.23. The van der Waals surface area contributed by atoms with Gasteiger partial charge in [-0.25, -0.2) is 0 Å². The van der Waals surface area contributed by atoms with Crippen LogP contribution in [0.2, 0.25) is 0 Å². The van der Waals surface area contributed by atoms with Crippen LogP contribution < -0.4 is 16.4 Å². The smallest absolute Gasteiger partial charge is 0.255 e. The fourth-order valence-corrected chi connectivity index (χ4v) is 1.58. The van der Waals surface area contributed by atoms with Crippen LogP contribution in [0.25, 0.3) is 0 Å². The van der Waals surface area contributed by atoms with Gasteiger partial charge in [0.05, 0.1) is 17.9 Å². The van der Waals surface area contributed by atoms with Gasteiger partial charge < -0.3 is 21.1 Å². The molecular weight excluding hydrogens is 260 g/mol. The fraction of sp³-hybridized carbons (Fsp3) is 0.462. The number of carbonyl (C=O) groups is 2. The monoisotopic (exact) mass is 280 g/mol. The Bertz CT molecular complexity index is 477. The molecule has 2 amide bonds. The largest absolute Gasteiger partial charge is 0.385 e. The molecule has 7 nitrogen and oxygen atoms in total. The quantitative estimate of drug-likeness (QED) is 0.583. The molecule has 0 spiro atoms. The first-order valence-corrected chi connectivity index (χ1v) is 6.39. The van der Waals surface area contributed by atoms with Crippen molar-refractivity contribution >= 4 is 17.5 Å². The lowest BCUT2D eigenvalue weighted by Gasteiger charge is -2.11. The second-order valence-electron chi connectivity index (χ2n) is 4.18. The van der Waals surface area contributed by atoms with Gasteiger partial charge in [0.1, 0.15) is 6.61 Å². The number of amides is 2. The zero-order chi connectivity index (χ0) is 15.0. The number of anilines is 1. The van der Waals surface area contributed by atoms with Crippen LogP contribution in [0.5, 0.6) is 0 Å². The number of ether oxygens (including phenoxy) is 1. The maximum absolute atomic E-state index is 12.0. The highest BCUT2D eigenvalue weighted by molar-refractivity contribution is 5.99. The van der Waals surface area contributed by atoms with Crippen LogP contribution in [0, 0.1) is 6.92 Å². The van der Waals surface area contributed by atoms with Crippen molar-refractivity contribution in [2.75, 3.05) is 31.6 Å². The first-order chi connectivity index (χ1) is 9.54. The number of rotatable bonds is 8. The molecule has 0 fully saturated rings. The third-order valence-corrected chi connectivity index (χ3v) is 2.43. The van der Waals surface area contributed by atoms with Gasteiger partial charge in [-0.2, -0.15) is 0 Å². The van der Waals surface area contributed by atoms with Crippen molar-refractivity contribution in [3.05, 3.63) is 23.5 Å². The standard InChI is InChI=1S/C13H20N4O3/c1-3-15-11-6-9(2)17-7-10(11)13(19)16-4-5-20-8-12(14)18/h6-7H,3-5,8H2,1-2H3,(H2,14,18)(H,15,17)(H,16,19). The lowest BCUT2D eigenvalue weighted by Crippen LogP contribution is -2.29. The number of aromatic nitrogens is 1. The number of nitrogens with two attached hydrogens (primary N) is 1. The molecule has 1 aromatic heterocycles. The van der Waals surface area contributed by atoms with Gasteiger partial charge >= 0.3 is 0 Å². The molecule has 0 aliphatic heterocycles. The molecule has 20 heavy (non-hydrogen) atoms. The number of nitrogens with zero attached hydrogens (tertiary/aromatic N) is 1. The number of nitrogens with one attached hydrogen (secondary N) is 2. The molecule has 1 aromatic rings. The molecule has 0 aromatic carbocycles. The Kier molecular flexibility index (Phi) is 6.45. The zero-order valence-corrected chi connectivity index (χ0v) is 11.7. The van der Waals surface area contributed by atoms with Gasteiger partial charge in [0, 0.05) is 25.0 Å². The molecule has 4 N–H and O–H groups in total. The first kappa shape index (κ1) is 15.9. The van der Waals surface area contributed by atoms with Gasteiger partial charge in [-0.15, -0.1) is 0 Å². The van der Waals surface area contributed by atoms with E-state index in [4.69, 9.17) is 10.5 Å². The lowest BCUT2D eigenvalue weighted by atomic mass is 10.2. The molecule has 0 saturated carbocycles. The van der Waals surface area contributed by atoms with E-state index >= 15 is 0 Å². The topological polar surface area (TPSA) is 106 Å². The minimum Gasteiger partial charge on any atom is -0.385 e. The zero-order valence-electron chi connectivity index (χ0n) is 11.7. The summed E-state index contributed by atoms with van der Waals surface area (Å²) in [6.07, 6.45) is 1.53. The van der Waals surface area contributed by atoms with Crippen molar-refractivity contribution < 1.29 is 14.3 Å². The summed E-state index contributed by atoms with van der Waals surface area (Å²) in [6, 6.07) is 1.82. The summed E-state index contributed by atoms with van der Waals surface area (Å²) in [7, 11) is 0. The van der Waals surface area contributed by atoms with Crippen LogP contribution in [0.4, 0.5) is 5.69 Å². The van der Waals surface area contributed by atoms with Crippen molar-refractivity contribution in [1.82, 2.24) is 10.3 Å². The van der Waals surface area contributed by atoms with E-state index in [1.807, 2.05) is 19.9 Å². The molecule has 1 heterocycles. The Balaban J connectivity index is 2.52. The van der Waals surface area contributed by atoms with Gasteiger partial charge in [-0.3, -0.25) is 14.6 Å². The van der Waals surface area contributed by atoms with E-state index in [1.54, 1.807) is 0 Å². The molecule has 0 unspecified atom stereocenters. The summed E-state index contributed by atoms with van der Waals surface area (Å²) in [4.78, 5) is 26.6. The predicted octanol–water partition coefficient (Wildman–Crippen LogP) is 0.0535. The number of hydrogen-bond acceptors (Lipinski definition) is 5. The summed E-state index contributed by atoms with van der Waals surface area (Å²) in [5.41, 5.74) is 6.99. The van der Waals surface area contributed by atoms with Crippen molar-refractivity contribution in [2.24, 2.45) is 5.73 Å². The second-order valence-corrected chi connectivity index (χ2v) is 4.18. The van der Waals surface area contributed by atoms with Crippen LogP contribution in [-0.4, -0.2) is 43.1 Å². The molecule has 0 aliphatic carbocycles. The van der Waals surface area contributed by atoms with Gasteiger partial charge in [0.2, 0.25) is 5.91 Å². The maximum atomic E-state index is 12.0. The van der Waals surface area contributed by atoms with Crippen LogP contribution in [0.1, 0.15) is 23.0 Å². The Hall–Kier alpha value is -2.15. The minimum absolute atomic E-state index is 0.148. The molecule has 1 rings (SSSR count). The molecule has 0 radical (unpaired) electrons. The fourth-order valence-electron chi connectivity index (χ4n) is 1.58. The highest BCUT2D eigenvalue weighted by Gasteiger charge is 2.11. The van der Waals surface area contributed by atoms with Crippen molar-refractivity contribution in [2.45, 2.75) is 13.8 Å². The Morgan fingerprint density at radius 2 is 2.20 bits per heavy atom. The van der Waals surface area contributed by atoms with Gasteiger partial charge in [-0.05, 0) is 19.9 Å². The number of primary amides is 1. The first-order valence-electron chi connectivity index (χ1n) is 6.39. The Morgan fingerprint density at radius 1 is 1.45 bits per heavy atom. The Morgan fingerprint density at radius 3 is 2.85 bits per heavy atom. The predicted molar refractivity (Wildman–Crippen MR) is 75.5 cm³/mol. The SMILES string of the molecule is CCNc1cc(C)ncc1C(=O)NCCOCC(N)=O. The van der Waals surface area contributed by atoms with Crippen LogP contribution >= 0.6 is 0 Å². The summed E-state index contributed by atoms with van der Waals surface area (Å²) in [6.45, 7) is 4.90. The molecule has 0 saturated heterocycles. The van der Waals surface area contributed by atoms with E-state index in [0.717, 1.165) is 11.4 Å². The van der Waals surface area contributed by atoms with E-state index in [9.17, 15) is 9.59 Å². The van der Waals surface area contributed by atoms with Crippen molar-refractivity contribution in [1.29, 1.82) is 0 Å². The average molecular weight is 280 g/mol. The normalized spacial score (nSPS) is 10.1. The number of aryl methyl sites for hydroxylation is 1. The minimum atomic E-state index is -0.534. The number of hydrogen-bond donors (Lipinski definition) is 3. The van der Waals surface area contributed by atoms with E-state index in [1.165, 1.54) is 6.20 Å². The van der Waals surface area contributed by atoms with E-state index < -0.39 is 5.91 Å². The average Bonchev–Trinajstić information content (AvgIpc) is 2.38. The van der Waals surface area contributed by atoms with Gasteiger partial charge in [0.25, 0.3) is 5.91 Å². The van der Waals surface area contributed by atoms with Gasteiger partial charge in [-0.1, -0.05) is 0 Å². The lowest BCUT2D eigenvalue weighted by molar-refractivity contribution is -0.122. The van der Waals surface area contributed by atoms with Crippen molar-refractivity contribution in [3.63, 3.8) is 0 Å². The Labute approximate surface area is 117 Å². The van der Waals surface area contributed by atoms with E-state index in [0.29, 0.717) is 18.7 Å². The molecular formula is C13H20N4O3.